The monoisotopic (exact) mass is 558 g/mol. The Morgan fingerprint density at radius 3 is 2.44 bits per heavy atom. The zero-order valence-electron chi connectivity index (χ0n) is 25.0. The maximum absolute atomic E-state index is 14.1. The number of aromatic nitrogens is 1. The van der Waals surface area contributed by atoms with Crippen molar-refractivity contribution < 1.29 is 29.0 Å². The normalized spacial score (nSPS) is 22.0. The van der Waals surface area contributed by atoms with E-state index < -0.39 is 17.4 Å². The van der Waals surface area contributed by atoms with Gasteiger partial charge in [-0.3, -0.25) is 9.59 Å². The molecule has 1 aliphatic carbocycles. The van der Waals surface area contributed by atoms with Crippen LogP contribution in [-0.2, 0) is 14.3 Å². The Labute approximate surface area is 241 Å². The first-order chi connectivity index (χ1) is 19.3. The highest BCUT2D eigenvalue weighted by atomic mass is 16.5. The van der Waals surface area contributed by atoms with Crippen LogP contribution in [0.5, 0.6) is 5.75 Å². The molecule has 0 spiro atoms. The molecule has 8 heteroatoms. The smallest absolute Gasteiger partial charge is 0.354 e. The number of nitrogens with zero attached hydrogens (tertiary/aromatic N) is 2. The number of carbonyl (C=O) groups excluding carboxylic acids is 2. The zero-order chi connectivity index (χ0) is 30.0. The van der Waals surface area contributed by atoms with Crippen LogP contribution in [0.25, 0.3) is 11.3 Å². The van der Waals surface area contributed by atoms with Crippen LogP contribution in [0.15, 0.2) is 46.9 Å². The van der Waals surface area contributed by atoms with Gasteiger partial charge >= 0.3 is 5.97 Å². The van der Waals surface area contributed by atoms with Crippen molar-refractivity contribution in [2.45, 2.75) is 72.3 Å². The molecule has 1 aromatic carbocycles. The molecular formula is C33H38N2O6. The van der Waals surface area contributed by atoms with Crippen molar-refractivity contribution in [1.29, 1.82) is 0 Å². The number of allylic oxidation sites excluding steroid dienone is 2. The van der Waals surface area contributed by atoms with E-state index in [-0.39, 0.29) is 23.3 Å². The molecule has 0 saturated carbocycles. The van der Waals surface area contributed by atoms with Crippen molar-refractivity contribution in [3.8, 4) is 17.0 Å². The average molecular weight is 559 g/mol. The molecule has 0 bridgehead atoms. The van der Waals surface area contributed by atoms with Gasteiger partial charge in [-0.1, -0.05) is 19.9 Å². The second-order valence-electron chi connectivity index (χ2n) is 12.4. The molecule has 8 nitrogen and oxygen atoms in total. The number of ketones is 1. The number of pyridine rings is 1. The molecule has 3 aliphatic rings. The Balaban J connectivity index is 1.79. The number of benzene rings is 1. The summed E-state index contributed by atoms with van der Waals surface area (Å²) in [5, 5.41) is 9.70. The summed E-state index contributed by atoms with van der Waals surface area (Å²) in [7, 11) is 3.36. The van der Waals surface area contributed by atoms with Crippen molar-refractivity contribution in [3.05, 3.63) is 69.3 Å². The number of hydrogen-bond donors (Lipinski definition) is 1. The van der Waals surface area contributed by atoms with Gasteiger partial charge in [-0.15, -0.1) is 0 Å². The highest BCUT2D eigenvalue weighted by Gasteiger charge is 2.50. The zero-order valence-corrected chi connectivity index (χ0v) is 25.0. The van der Waals surface area contributed by atoms with Gasteiger partial charge in [0.25, 0.3) is 5.91 Å². The number of carboxylic acid groups (broad SMARTS) is 1. The number of aromatic carboxylic acids is 1. The van der Waals surface area contributed by atoms with Gasteiger partial charge in [0, 0.05) is 48.5 Å². The minimum Gasteiger partial charge on any atom is -0.496 e. The summed E-state index contributed by atoms with van der Waals surface area (Å²) in [6.07, 6.45) is 1.52. The molecule has 0 saturated heterocycles. The molecule has 41 heavy (non-hydrogen) atoms. The van der Waals surface area contributed by atoms with Crippen LogP contribution in [-0.4, -0.2) is 52.3 Å². The minimum absolute atomic E-state index is 0.0183. The van der Waals surface area contributed by atoms with E-state index in [4.69, 9.17) is 9.47 Å². The number of methoxy groups -OCH3 is 1. The van der Waals surface area contributed by atoms with Crippen LogP contribution in [0.2, 0.25) is 0 Å². The van der Waals surface area contributed by atoms with E-state index in [0.29, 0.717) is 76.0 Å². The number of likely N-dealkylation sites (N-methyl/N-ethyl adjacent to an activating group) is 1. The minimum atomic E-state index is -1.10. The topological polar surface area (TPSA) is 106 Å². The van der Waals surface area contributed by atoms with Gasteiger partial charge in [0.05, 0.1) is 24.3 Å². The highest BCUT2D eigenvalue weighted by Crippen LogP contribution is 2.53. The van der Waals surface area contributed by atoms with E-state index in [1.54, 1.807) is 44.2 Å². The number of ether oxygens (including phenoxy) is 2. The summed E-state index contributed by atoms with van der Waals surface area (Å²) < 4.78 is 12.4. The molecule has 216 valence electrons. The van der Waals surface area contributed by atoms with E-state index >= 15 is 0 Å². The Kier molecular flexibility index (Phi) is 7.08. The lowest BCUT2D eigenvalue weighted by atomic mass is 9.69. The molecule has 0 fully saturated rings. The van der Waals surface area contributed by atoms with Crippen molar-refractivity contribution >= 4 is 17.7 Å². The maximum atomic E-state index is 14.1. The van der Waals surface area contributed by atoms with E-state index in [0.717, 1.165) is 5.56 Å². The van der Waals surface area contributed by atoms with Gasteiger partial charge in [-0.05, 0) is 68.9 Å². The lowest BCUT2D eigenvalue weighted by molar-refractivity contribution is -0.133. The molecular weight excluding hydrogens is 520 g/mol. The van der Waals surface area contributed by atoms with E-state index in [1.165, 1.54) is 0 Å². The Morgan fingerprint density at radius 2 is 1.80 bits per heavy atom. The van der Waals surface area contributed by atoms with Gasteiger partial charge in [0.15, 0.2) is 11.5 Å². The van der Waals surface area contributed by atoms with E-state index in [9.17, 15) is 19.5 Å². The fourth-order valence-electron chi connectivity index (χ4n) is 6.37. The largest absolute Gasteiger partial charge is 0.496 e. The number of Topliss-reactive ketones (excluding diaryl/α,β-unsaturated/α-hetero) is 1. The van der Waals surface area contributed by atoms with Gasteiger partial charge in [0.1, 0.15) is 17.3 Å². The van der Waals surface area contributed by atoms with Crippen LogP contribution in [0.3, 0.4) is 0 Å². The maximum Gasteiger partial charge on any atom is 0.354 e. The third kappa shape index (κ3) is 4.63. The van der Waals surface area contributed by atoms with Gasteiger partial charge in [-0.25, -0.2) is 9.78 Å². The second-order valence-corrected chi connectivity index (χ2v) is 12.4. The van der Waals surface area contributed by atoms with Crippen LogP contribution in [0, 0.1) is 25.7 Å². The SMILES string of the molecule is COc1ccc(-c2ccc(C)c(C(=O)O)n2)c(C)c1C1C2=C(CC(C(C)C)CC2=O)OC2=C1C(=O)N(C)C(C)(C)C2. The van der Waals surface area contributed by atoms with Crippen LogP contribution < -0.4 is 4.74 Å². The van der Waals surface area contributed by atoms with Crippen molar-refractivity contribution in [1.82, 2.24) is 9.88 Å². The number of aryl methyl sites for hydroxylation is 1. The number of rotatable bonds is 5. The third-order valence-electron chi connectivity index (χ3n) is 9.16. The summed E-state index contributed by atoms with van der Waals surface area (Å²) in [6.45, 7) is 11.9. The second kappa shape index (κ2) is 10.2. The molecule has 3 heterocycles. The quantitative estimate of drug-likeness (QED) is 0.482. The van der Waals surface area contributed by atoms with Crippen LogP contribution in [0.1, 0.15) is 80.1 Å². The van der Waals surface area contributed by atoms with Crippen molar-refractivity contribution in [3.63, 3.8) is 0 Å². The van der Waals surface area contributed by atoms with Crippen molar-refractivity contribution in [2.24, 2.45) is 11.8 Å². The lowest BCUT2D eigenvalue weighted by Gasteiger charge is -2.46. The molecule has 1 amide bonds. The molecule has 0 radical (unpaired) electrons. The summed E-state index contributed by atoms with van der Waals surface area (Å²) in [5.74, 6) is 0.265. The Morgan fingerprint density at radius 1 is 1.10 bits per heavy atom. The highest BCUT2D eigenvalue weighted by molar-refractivity contribution is 6.06. The first kappa shape index (κ1) is 28.6. The van der Waals surface area contributed by atoms with Crippen LogP contribution in [0.4, 0.5) is 0 Å². The summed E-state index contributed by atoms with van der Waals surface area (Å²) in [4.78, 5) is 46.1. The molecule has 2 atom stereocenters. The average Bonchev–Trinajstić information content (AvgIpc) is 2.90. The Hall–Kier alpha value is -3.94. The predicted molar refractivity (Wildman–Crippen MR) is 155 cm³/mol. The standard InChI is InChI=1S/C33H38N2O6/c1-16(2)19-13-22(36)27-24(14-19)41-25-15-33(5,6)35(7)31(37)28(25)29(27)26-18(4)20(10-12-23(26)40-8)21-11-9-17(3)30(34-21)32(38)39/h9-12,16,19,29H,13-15H2,1-8H3,(H,38,39). The number of carbonyl (C=O) groups is 3. The molecule has 5 rings (SSSR count). The number of carboxylic acids is 1. The molecule has 1 aromatic heterocycles. The summed E-state index contributed by atoms with van der Waals surface area (Å²) >= 11 is 0. The molecule has 2 aromatic rings. The summed E-state index contributed by atoms with van der Waals surface area (Å²) in [6, 6.07) is 7.19. The first-order valence-corrected chi connectivity index (χ1v) is 14.1. The fourth-order valence-corrected chi connectivity index (χ4v) is 6.37. The number of hydrogen-bond acceptors (Lipinski definition) is 6. The van der Waals surface area contributed by atoms with Gasteiger partial charge < -0.3 is 19.5 Å². The third-order valence-corrected chi connectivity index (χ3v) is 9.16. The molecule has 2 unspecified atom stereocenters. The lowest BCUT2D eigenvalue weighted by Crippen LogP contribution is -2.51. The van der Waals surface area contributed by atoms with Gasteiger partial charge in [-0.2, -0.15) is 0 Å². The fraction of sp³-hybridized carbons (Fsp3) is 0.455. The number of amides is 1. The van der Waals surface area contributed by atoms with E-state index in [2.05, 4.69) is 18.8 Å². The van der Waals surface area contributed by atoms with Crippen molar-refractivity contribution in [2.75, 3.05) is 14.2 Å². The first-order valence-electron chi connectivity index (χ1n) is 14.1. The van der Waals surface area contributed by atoms with E-state index in [1.807, 2.05) is 26.8 Å². The summed E-state index contributed by atoms with van der Waals surface area (Å²) in [5.41, 5.74) is 3.72. The Bertz CT molecular complexity index is 1550. The molecule has 2 aliphatic heterocycles. The van der Waals surface area contributed by atoms with Gasteiger partial charge in [0.2, 0.25) is 0 Å². The molecule has 1 N–H and O–H groups in total. The van der Waals surface area contributed by atoms with Crippen LogP contribution >= 0.6 is 0 Å². The predicted octanol–water partition coefficient (Wildman–Crippen LogP) is 5.97.